The Kier molecular flexibility index (Phi) is 70.5. The van der Waals surface area contributed by atoms with Crippen molar-refractivity contribution in [3.63, 3.8) is 0 Å². The fourth-order valence-corrected chi connectivity index (χ4v) is 12.5. The third-order valence-electron chi connectivity index (χ3n) is 16.9. The zero-order chi connectivity index (χ0) is 70.9. The summed E-state index contributed by atoms with van der Waals surface area (Å²) in [5, 5.41) is 20.6. The van der Waals surface area contributed by atoms with Crippen molar-refractivity contribution in [3.05, 3.63) is 72.9 Å². The summed E-state index contributed by atoms with van der Waals surface area (Å²) in [5.41, 5.74) is 0. The second kappa shape index (κ2) is 72.8. The monoisotopic (exact) mass is 1410 g/mol. The van der Waals surface area contributed by atoms with Gasteiger partial charge < -0.3 is 34.2 Å². The molecule has 5 unspecified atom stereocenters. The van der Waals surface area contributed by atoms with E-state index in [1.54, 1.807) is 0 Å². The Hall–Kier alpha value is -3.01. The maximum atomic E-state index is 12.9. The number of rotatable bonds is 75. The van der Waals surface area contributed by atoms with E-state index >= 15 is 0 Å². The molecule has 0 aliphatic heterocycles. The molecule has 0 aliphatic carbocycles. The molecule has 0 amide bonds. The van der Waals surface area contributed by atoms with Crippen molar-refractivity contribution in [2.75, 3.05) is 39.6 Å². The number of aliphatic hydroxyl groups excluding tert-OH is 2. The van der Waals surface area contributed by atoms with Gasteiger partial charge in [-0.3, -0.25) is 32.5 Å². The average Bonchev–Trinajstić information content (AvgIpc) is 2.25. The van der Waals surface area contributed by atoms with Crippen LogP contribution in [0.4, 0.5) is 0 Å². The summed E-state index contributed by atoms with van der Waals surface area (Å²) in [6.45, 7) is 2.59. The van der Waals surface area contributed by atoms with Gasteiger partial charge in [-0.05, 0) is 89.9 Å². The smallest absolute Gasteiger partial charge is 0.463 e. The van der Waals surface area contributed by atoms with E-state index in [2.05, 4.69) is 93.7 Å². The Labute approximate surface area is 592 Å². The molecular formula is C79H144O16P2. The van der Waals surface area contributed by atoms with Crippen LogP contribution < -0.4 is 0 Å². The molecule has 0 rings (SSSR count). The van der Waals surface area contributed by atoms with Crippen molar-refractivity contribution < 1.29 is 75.8 Å². The summed E-state index contributed by atoms with van der Waals surface area (Å²) in [5.74, 6) is -1.56. The fourth-order valence-electron chi connectivity index (χ4n) is 10.9. The number of carbonyl (C=O) groups is 3. The number of esters is 3. The highest BCUT2D eigenvalue weighted by atomic mass is 31.2. The van der Waals surface area contributed by atoms with E-state index in [9.17, 15) is 43.5 Å². The largest absolute Gasteiger partial charge is 0.472 e. The summed E-state index contributed by atoms with van der Waals surface area (Å²) in [4.78, 5) is 58.4. The maximum Gasteiger partial charge on any atom is 0.472 e. The maximum absolute atomic E-state index is 12.9. The van der Waals surface area contributed by atoms with Crippen LogP contribution in [0.3, 0.4) is 0 Å². The van der Waals surface area contributed by atoms with Gasteiger partial charge in [-0.15, -0.1) is 0 Å². The molecule has 0 spiro atoms. The second-order valence-electron chi connectivity index (χ2n) is 26.5. The molecule has 0 aliphatic rings. The third kappa shape index (κ3) is 74.0. The summed E-state index contributed by atoms with van der Waals surface area (Å²) >= 11 is 0. The van der Waals surface area contributed by atoms with Crippen LogP contribution in [0.15, 0.2) is 72.9 Å². The number of unbranched alkanes of at least 4 members (excludes halogenated alkanes) is 40. The number of allylic oxidation sites excluding steroid dienone is 12. The van der Waals surface area contributed by atoms with E-state index in [0.29, 0.717) is 19.3 Å². The van der Waals surface area contributed by atoms with Crippen LogP contribution in [0.5, 0.6) is 0 Å². The molecule has 18 heteroatoms. The number of hydrogen-bond donors (Lipinski definition) is 4. The molecule has 0 aromatic heterocycles. The normalized spacial score (nSPS) is 14.4. The van der Waals surface area contributed by atoms with Crippen molar-refractivity contribution in [3.8, 4) is 0 Å². The van der Waals surface area contributed by atoms with Crippen LogP contribution in [-0.2, 0) is 55.8 Å². The van der Waals surface area contributed by atoms with Crippen molar-refractivity contribution in [1.82, 2.24) is 0 Å². The first-order valence-corrected chi connectivity index (χ1v) is 42.2. The molecule has 0 saturated heterocycles. The lowest BCUT2D eigenvalue weighted by Gasteiger charge is -2.21. The molecule has 0 aromatic carbocycles. The molecule has 97 heavy (non-hydrogen) atoms. The highest BCUT2D eigenvalue weighted by molar-refractivity contribution is 7.47. The number of phosphoric acid groups is 2. The first-order chi connectivity index (χ1) is 47.2. The number of aliphatic hydroxyl groups is 2. The van der Waals surface area contributed by atoms with Gasteiger partial charge in [0.05, 0.1) is 26.4 Å². The van der Waals surface area contributed by atoms with Crippen molar-refractivity contribution >= 4 is 33.6 Å². The standard InChI is InChI=1S/C79H144O16P2/c1-4-7-10-13-16-19-22-24-26-27-28-29-30-31-32-33-34-35-36-37-38-39-40-41-42-43-44-45-47-49-51-53-56-59-62-65-77(82)89-68-74(80)69-91-96(85,86)92-70-75(81)71-93-97(87,88)94-73-76(95-79(84)67-64-61-58-55-50-21-18-15-12-9-6-3)72-90-78(83)66-63-60-57-54-52-48-46-25-23-20-17-14-11-8-5-2/h7,10,16,19,24-26,28-29,31-32,46,74-76,80-81H,4-6,8-9,11-15,17-18,20-23,27,30,33-45,47-73H2,1-3H3,(H,85,86)(H,87,88)/b10-7-,19-16-,26-24-,29-28-,32-31-,46-25-. The molecule has 0 aromatic rings. The van der Waals surface area contributed by atoms with E-state index < -0.39 is 91.5 Å². The Morgan fingerprint density at radius 1 is 0.299 bits per heavy atom. The molecule has 0 fully saturated rings. The van der Waals surface area contributed by atoms with Crippen molar-refractivity contribution in [2.45, 2.75) is 373 Å². The molecule has 5 atom stereocenters. The fraction of sp³-hybridized carbons (Fsp3) is 0.810. The van der Waals surface area contributed by atoms with Gasteiger partial charge in [0.15, 0.2) is 6.10 Å². The van der Waals surface area contributed by atoms with E-state index in [1.807, 2.05) is 0 Å². The van der Waals surface area contributed by atoms with E-state index in [4.69, 9.17) is 32.3 Å². The molecule has 0 heterocycles. The predicted octanol–water partition coefficient (Wildman–Crippen LogP) is 22.7. The van der Waals surface area contributed by atoms with E-state index in [-0.39, 0.29) is 19.3 Å². The van der Waals surface area contributed by atoms with Gasteiger partial charge in [-0.1, -0.05) is 318 Å². The van der Waals surface area contributed by atoms with Crippen molar-refractivity contribution in [1.29, 1.82) is 0 Å². The number of phosphoric ester groups is 2. The lowest BCUT2D eigenvalue weighted by Crippen LogP contribution is -2.30. The number of carbonyl (C=O) groups excluding carboxylic acids is 3. The molecule has 16 nitrogen and oxygen atoms in total. The zero-order valence-electron chi connectivity index (χ0n) is 61.8. The SMILES string of the molecule is CC/C=C\C/C=C\C/C=C\C/C=C\C/C=C\CCCCCCCCCCCCCCCCCCCCCC(=O)OCC(O)COP(=O)(O)OCC(O)COP(=O)(O)OCC(COC(=O)CCCCCCC/C=C\CCCCCCCC)OC(=O)CCCCCCCCCCCCC. The highest BCUT2D eigenvalue weighted by Gasteiger charge is 2.29. The lowest BCUT2D eigenvalue weighted by molar-refractivity contribution is -0.161. The molecule has 0 radical (unpaired) electrons. The first kappa shape index (κ1) is 94.0. The minimum atomic E-state index is -4.92. The third-order valence-corrected chi connectivity index (χ3v) is 18.8. The molecular weight excluding hydrogens is 1270 g/mol. The number of ether oxygens (including phenoxy) is 3. The predicted molar refractivity (Wildman–Crippen MR) is 399 cm³/mol. The highest BCUT2D eigenvalue weighted by Crippen LogP contribution is 2.45. The minimum Gasteiger partial charge on any atom is -0.463 e. The lowest BCUT2D eigenvalue weighted by atomic mass is 10.0. The van der Waals surface area contributed by atoms with Gasteiger partial charge in [0.2, 0.25) is 0 Å². The number of hydrogen-bond acceptors (Lipinski definition) is 14. The van der Waals surface area contributed by atoms with Gasteiger partial charge in [-0.2, -0.15) is 0 Å². The van der Waals surface area contributed by atoms with E-state index in [0.717, 1.165) is 116 Å². The van der Waals surface area contributed by atoms with Crippen molar-refractivity contribution in [2.24, 2.45) is 0 Å². The summed E-state index contributed by atoms with van der Waals surface area (Å²) in [6, 6.07) is 0. The Morgan fingerprint density at radius 2 is 0.546 bits per heavy atom. The molecule has 0 bridgehead atoms. The minimum absolute atomic E-state index is 0.109. The average molecular weight is 1410 g/mol. The van der Waals surface area contributed by atoms with Gasteiger partial charge in [0.25, 0.3) is 0 Å². The van der Waals surface area contributed by atoms with Crippen LogP contribution in [-0.4, -0.2) is 95.9 Å². The summed E-state index contributed by atoms with van der Waals surface area (Å²) in [6.07, 6.45) is 79.9. The van der Waals surface area contributed by atoms with Crippen LogP contribution in [0.25, 0.3) is 0 Å². The molecule has 566 valence electrons. The first-order valence-electron chi connectivity index (χ1n) is 39.2. The van der Waals surface area contributed by atoms with Crippen LogP contribution in [0.2, 0.25) is 0 Å². The zero-order valence-corrected chi connectivity index (χ0v) is 63.5. The Morgan fingerprint density at radius 3 is 0.876 bits per heavy atom. The molecule has 0 saturated carbocycles. The van der Waals surface area contributed by atoms with Gasteiger partial charge >= 0.3 is 33.6 Å². The summed E-state index contributed by atoms with van der Waals surface area (Å²) in [7, 11) is -9.76. The van der Waals surface area contributed by atoms with Crippen LogP contribution in [0.1, 0.15) is 355 Å². The topological polar surface area (TPSA) is 231 Å². The second-order valence-corrected chi connectivity index (χ2v) is 29.4. The van der Waals surface area contributed by atoms with Gasteiger partial charge in [0, 0.05) is 19.3 Å². The Bertz CT molecular complexity index is 2060. The Balaban J connectivity index is 4.26. The van der Waals surface area contributed by atoms with Crippen LogP contribution in [0, 0.1) is 0 Å². The quantitative estimate of drug-likeness (QED) is 0.0146. The van der Waals surface area contributed by atoms with E-state index in [1.165, 1.54) is 180 Å². The van der Waals surface area contributed by atoms with Crippen LogP contribution >= 0.6 is 15.6 Å². The summed E-state index contributed by atoms with van der Waals surface area (Å²) < 4.78 is 61.0. The van der Waals surface area contributed by atoms with Gasteiger partial charge in [-0.25, -0.2) is 9.13 Å². The molecule has 4 N–H and O–H groups in total. The van der Waals surface area contributed by atoms with Gasteiger partial charge in [0.1, 0.15) is 25.4 Å².